The molecule has 0 unspecified atom stereocenters. The van der Waals surface area contributed by atoms with Gasteiger partial charge in [0.2, 0.25) is 5.91 Å². The summed E-state index contributed by atoms with van der Waals surface area (Å²) >= 11 is 0. The number of aromatic amines is 1. The Labute approximate surface area is 233 Å². The summed E-state index contributed by atoms with van der Waals surface area (Å²) in [5, 5.41) is 14.8. The number of rotatable bonds is 5. The Kier molecular flexibility index (Phi) is 6.72. The van der Waals surface area contributed by atoms with E-state index in [-0.39, 0.29) is 18.0 Å². The number of nitrogens with zero attached hydrogens (tertiary/aromatic N) is 2. The molecule has 1 aromatic heterocycles. The number of anilines is 1. The van der Waals surface area contributed by atoms with Crippen molar-refractivity contribution in [2.45, 2.75) is 38.0 Å². The summed E-state index contributed by atoms with van der Waals surface area (Å²) < 4.78 is 5.21. The molecule has 40 heavy (non-hydrogen) atoms. The quantitative estimate of drug-likeness (QED) is 0.325. The van der Waals surface area contributed by atoms with E-state index < -0.39 is 18.1 Å². The van der Waals surface area contributed by atoms with Gasteiger partial charge in [-0.1, -0.05) is 48.5 Å². The fraction of sp³-hybridized carbons (Fsp3) is 0.312. The van der Waals surface area contributed by atoms with Crippen molar-refractivity contribution in [2.75, 3.05) is 26.0 Å². The molecule has 206 valence electrons. The minimum atomic E-state index is -0.900. The number of aliphatic hydroxyl groups excluding tert-OH is 1. The third kappa shape index (κ3) is 4.38. The van der Waals surface area contributed by atoms with E-state index in [1.165, 1.54) is 10.9 Å². The number of aliphatic hydroxyl groups is 1. The van der Waals surface area contributed by atoms with E-state index in [9.17, 15) is 14.7 Å². The van der Waals surface area contributed by atoms with Crippen molar-refractivity contribution < 1.29 is 19.4 Å². The molecule has 8 heteroatoms. The molecule has 1 saturated heterocycles. The number of urea groups is 1. The molecule has 2 aliphatic heterocycles. The molecule has 4 aromatic rings. The topological polar surface area (TPSA) is 97.9 Å². The predicted octanol–water partition coefficient (Wildman–Crippen LogP) is 5.20. The number of para-hydroxylation sites is 1. The number of nitrogens with one attached hydrogen (secondary N) is 2. The molecule has 3 aromatic carbocycles. The van der Waals surface area contributed by atoms with Gasteiger partial charge >= 0.3 is 6.03 Å². The minimum absolute atomic E-state index is 0.118. The predicted molar refractivity (Wildman–Crippen MR) is 155 cm³/mol. The summed E-state index contributed by atoms with van der Waals surface area (Å²) in [5.74, 6) is -0.137. The van der Waals surface area contributed by atoms with Crippen LogP contribution in [0.5, 0.6) is 5.75 Å². The molecule has 3 N–H and O–H groups in total. The van der Waals surface area contributed by atoms with Gasteiger partial charge in [0, 0.05) is 42.0 Å². The molecule has 0 spiro atoms. The normalized spacial score (nSPS) is 20.9. The Hall–Kier alpha value is -4.30. The molecule has 6 rings (SSSR count). The summed E-state index contributed by atoms with van der Waals surface area (Å²) in [6.45, 7) is 2.21. The molecule has 0 aliphatic carbocycles. The summed E-state index contributed by atoms with van der Waals surface area (Å²) in [5.41, 5.74) is 6.19. The monoisotopic (exact) mass is 538 g/mol. The van der Waals surface area contributed by atoms with Crippen LogP contribution in [0.2, 0.25) is 0 Å². The zero-order valence-electron chi connectivity index (χ0n) is 22.9. The molecule has 2 aliphatic rings. The van der Waals surface area contributed by atoms with Gasteiger partial charge in [-0.25, -0.2) is 4.79 Å². The number of carbonyl (C=O) groups excluding carboxylic acids is 2. The second-order valence-corrected chi connectivity index (χ2v) is 10.7. The third-order valence-electron chi connectivity index (χ3n) is 8.50. The molecular formula is C32H34N4O4. The zero-order valence-corrected chi connectivity index (χ0v) is 22.9. The summed E-state index contributed by atoms with van der Waals surface area (Å²) in [6.07, 6.45) is 0.360. The lowest BCUT2D eigenvalue weighted by molar-refractivity contribution is -0.151. The highest BCUT2D eigenvalue weighted by Crippen LogP contribution is 2.44. The van der Waals surface area contributed by atoms with Crippen LogP contribution < -0.4 is 10.1 Å². The van der Waals surface area contributed by atoms with Gasteiger partial charge in [-0.2, -0.15) is 0 Å². The standard InChI is InChI=1S/C32H34N4O4/c1-19(37)28-26(35(2)32(39)33-21-12-14-22(40-3)15-13-21)18-27-30-25(16-17-36(27)31(28)38)24-11-7-10-23(29(24)34-30)20-8-5-4-6-9-20/h4-15,19,26-28,34,37H,16-18H2,1-3H3,(H,33,39)/t19-,26-,27-,28-/m0/s1. The largest absolute Gasteiger partial charge is 0.497 e. The number of aromatic nitrogens is 1. The lowest BCUT2D eigenvalue weighted by atomic mass is 9.79. The third-order valence-corrected chi connectivity index (χ3v) is 8.50. The number of amides is 3. The van der Waals surface area contributed by atoms with Gasteiger partial charge in [-0.3, -0.25) is 4.79 Å². The van der Waals surface area contributed by atoms with E-state index >= 15 is 0 Å². The second kappa shape index (κ2) is 10.4. The van der Waals surface area contributed by atoms with Crippen LogP contribution in [0.1, 0.15) is 30.6 Å². The van der Waals surface area contributed by atoms with Gasteiger partial charge in [-0.15, -0.1) is 0 Å². The van der Waals surface area contributed by atoms with Gasteiger partial charge < -0.3 is 29.9 Å². The molecule has 0 bridgehead atoms. The van der Waals surface area contributed by atoms with E-state index in [1.54, 1.807) is 50.2 Å². The van der Waals surface area contributed by atoms with Crippen molar-refractivity contribution in [3.8, 4) is 16.9 Å². The number of benzene rings is 3. The Balaban J connectivity index is 1.34. The first-order chi connectivity index (χ1) is 19.4. The molecule has 3 heterocycles. The minimum Gasteiger partial charge on any atom is -0.497 e. The van der Waals surface area contributed by atoms with Crippen molar-refractivity contribution in [1.82, 2.24) is 14.8 Å². The Bertz CT molecular complexity index is 1550. The van der Waals surface area contributed by atoms with Crippen LogP contribution in [-0.4, -0.2) is 64.7 Å². The van der Waals surface area contributed by atoms with Gasteiger partial charge in [0.1, 0.15) is 5.75 Å². The highest BCUT2D eigenvalue weighted by Gasteiger charge is 2.49. The van der Waals surface area contributed by atoms with Crippen LogP contribution in [0.25, 0.3) is 22.0 Å². The van der Waals surface area contributed by atoms with E-state index in [0.717, 1.165) is 28.8 Å². The number of H-pyrrole nitrogens is 1. The molecular weight excluding hydrogens is 504 g/mol. The first kappa shape index (κ1) is 26.0. The van der Waals surface area contributed by atoms with Crippen LogP contribution in [0.3, 0.4) is 0 Å². The van der Waals surface area contributed by atoms with Crippen molar-refractivity contribution in [3.05, 3.63) is 84.1 Å². The number of methoxy groups -OCH3 is 1. The second-order valence-electron chi connectivity index (χ2n) is 10.7. The van der Waals surface area contributed by atoms with E-state index in [2.05, 4.69) is 40.6 Å². The SMILES string of the molecule is COc1ccc(NC(=O)N(C)[C@H]2C[C@H]3c4[nH]c5c(-c6ccccc6)cccc5c4CCN3C(=O)[C@H]2[C@H](C)O)cc1. The van der Waals surface area contributed by atoms with Crippen LogP contribution in [0, 0.1) is 5.92 Å². The molecule has 3 amide bonds. The first-order valence-electron chi connectivity index (χ1n) is 13.7. The molecule has 0 saturated carbocycles. The Morgan fingerprint density at radius 2 is 1.85 bits per heavy atom. The summed E-state index contributed by atoms with van der Waals surface area (Å²) in [7, 11) is 3.29. The molecule has 0 radical (unpaired) electrons. The lowest BCUT2D eigenvalue weighted by Crippen LogP contribution is -2.60. The number of hydrogen-bond donors (Lipinski definition) is 3. The van der Waals surface area contributed by atoms with Crippen LogP contribution in [0.4, 0.5) is 10.5 Å². The van der Waals surface area contributed by atoms with Gasteiger partial charge in [0.05, 0.1) is 30.7 Å². The fourth-order valence-electron chi connectivity index (χ4n) is 6.45. The maximum Gasteiger partial charge on any atom is 0.321 e. The van der Waals surface area contributed by atoms with Crippen molar-refractivity contribution in [1.29, 1.82) is 0 Å². The molecule has 8 nitrogen and oxygen atoms in total. The highest BCUT2D eigenvalue weighted by molar-refractivity contribution is 5.97. The van der Waals surface area contributed by atoms with E-state index in [1.807, 2.05) is 23.1 Å². The highest BCUT2D eigenvalue weighted by atomic mass is 16.5. The van der Waals surface area contributed by atoms with E-state index in [0.29, 0.717) is 24.4 Å². The number of hydrogen-bond acceptors (Lipinski definition) is 4. The maximum atomic E-state index is 13.9. The smallest absolute Gasteiger partial charge is 0.321 e. The molecule has 4 atom stereocenters. The van der Waals surface area contributed by atoms with Crippen LogP contribution >= 0.6 is 0 Å². The van der Waals surface area contributed by atoms with Crippen molar-refractivity contribution in [2.24, 2.45) is 5.92 Å². The van der Waals surface area contributed by atoms with Crippen LogP contribution in [-0.2, 0) is 11.2 Å². The number of piperidine rings is 1. The fourth-order valence-corrected chi connectivity index (χ4v) is 6.45. The average molecular weight is 539 g/mol. The molecule has 1 fully saturated rings. The Morgan fingerprint density at radius 3 is 2.55 bits per heavy atom. The van der Waals surface area contributed by atoms with Gasteiger partial charge in [-0.05, 0) is 55.2 Å². The summed E-state index contributed by atoms with van der Waals surface area (Å²) in [6, 6.07) is 22.7. The first-order valence-corrected chi connectivity index (χ1v) is 13.7. The number of carbonyl (C=O) groups is 2. The summed E-state index contributed by atoms with van der Waals surface area (Å²) in [4.78, 5) is 34.4. The van der Waals surface area contributed by atoms with Crippen molar-refractivity contribution >= 4 is 28.5 Å². The lowest BCUT2D eigenvalue weighted by Gasteiger charge is -2.48. The van der Waals surface area contributed by atoms with E-state index in [4.69, 9.17) is 4.74 Å². The Morgan fingerprint density at radius 1 is 1.10 bits per heavy atom. The van der Waals surface area contributed by atoms with Gasteiger partial charge in [0.25, 0.3) is 0 Å². The number of ether oxygens (including phenoxy) is 1. The average Bonchev–Trinajstić information content (AvgIpc) is 3.36. The number of fused-ring (bicyclic) bond motifs is 5. The van der Waals surface area contributed by atoms with Crippen LogP contribution in [0.15, 0.2) is 72.8 Å². The maximum absolute atomic E-state index is 13.9. The van der Waals surface area contributed by atoms with Crippen molar-refractivity contribution in [3.63, 3.8) is 0 Å². The zero-order chi connectivity index (χ0) is 28.0. The van der Waals surface area contributed by atoms with Gasteiger partial charge in [0.15, 0.2) is 0 Å².